The lowest BCUT2D eigenvalue weighted by Crippen LogP contribution is -2.49. The fourth-order valence-electron chi connectivity index (χ4n) is 4.28. The van der Waals surface area contributed by atoms with Crippen molar-refractivity contribution >= 4 is 17.8 Å². The van der Waals surface area contributed by atoms with Gasteiger partial charge in [0.25, 0.3) is 0 Å². The van der Waals surface area contributed by atoms with Crippen LogP contribution in [0.4, 0.5) is 5.69 Å². The minimum absolute atomic E-state index is 0.186. The van der Waals surface area contributed by atoms with Gasteiger partial charge >= 0.3 is 0 Å². The number of likely N-dealkylation sites (tertiary alicyclic amines) is 1. The molecule has 2 aliphatic heterocycles. The average Bonchev–Trinajstić information content (AvgIpc) is 3.42. The summed E-state index contributed by atoms with van der Waals surface area (Å²) in [6.45, 7) is 5.76. The zero-order valence-corrected chi connectivity index (χ0v) is 16.5. The lowest BCUT2D eigenvalue weighted by atomic mass is 9.84. The number of anilines is 1. The third-order valence-corrected chi connectivity index (χ3v) is 6.30. The molecule has 1 N–H and O–H groups in total. The van der Waals surface area contributed by atoms with Crippen LogP contribution in [0.15, 0.2) is 29.4 Å². The lowest BCUT2D eigenvalue weighted by molar-refractivity contribution is -0.137. The first kappa shape index (κ1) is 18.5. The Morgan fingerprint density at radius 2 is 1.89 bits per heavy atom. The van der Waals surface area contributed by atoms with Gasteiger partial charge in [-0.25, -0.2) is 0 Å². The molecule has 2 fully saturated rings. The minimum Gasteiger partial charge on any atom is -0.390 e. The van der Waals surface area contributed by atoms with E-state index in [0.717, 1.165) is 24.9 Å². The summed E-state index contributed by atoms with van der Waals surface area (Å²) >= 11 is 0. The van der Waals surface area contributed by atoms with Crippen molar-refractivity contribution in [1.29, 1.82) is 0 Å². The molecule has 146 valence electrons. The molecule has 3 aliphatic rings. The Balaban J connectivity index is 1.37. The van der Waals surface area contributed by atoms with E-state index in [9.17, 15) is 9.90 Å². The maximum absolute atomic E-state index is 12.2. The predicted octanol–water partition coefficient (Wildman–Crippen LogP) is 3.53. The Labute approximate surface area is 162 Å². The SMILES string of the molecule is CC(C)c1ccc(N2N=CCC2CC2(O)CCN(C(=O)C3CC3)CC2)cc1. The fourth-order valence-corrected chi connectivity index (χ4v) is 4.28. The number of rotatable bonds is 5. The van der Waals surface area contributed by atoms with E-state index < -0.39 is 5.60 Å². The molecule has 1 aromatic rings. The lowest BCUT2D eigenvalue weighted by Gasteiger charge is -2.40. The maximum atomic E-state index is 12.2. The molecule has 5 heteroatoms. The van der Waals surface area contributed by atoms with E-state index in [0.29, 0.717) is 44.2 Å². The number of hydrogen-bond donors (Lipinski definition) is 1. The molecule has 1 amide bonds. The van der Waals surface area contributed by atoms with Gasteiger partial charge in [-0.05, 0) is 55.7 Å². The third-order valence-electron chi connectivity index (χ3n) is 6.30. The number of aliphatic hydroxyl groups is 1. The van der Waals surface area contributed by atoms with Gasteiger partial charge in [0.15, 0.2) is 0 Å². The van der Waals surface area contributed by atoms with Gasteiger partial charge in [0.1, 0.15) is 0 Å². The first-order valence-electron chi connectivity index (χ1n) is 10.4. The zero-order valence-electron chi connectivity index (χ0n) is 16.5. The maximum Gasteiger partial charge on any atom is 0.225 e. The summed E-state index contributed by atoms with van der Waals surface area (Å²) in [4.78, 5) is 14.2. The largest absolute Gasteiger partial charge is 0.390 e. The highest BCUT2D eigenvalue weighted by atomic mass is 16.3. The van der Waals surface area contributed by atoms with Crippen LogP contribution in [0, 0.1) is 5.92 Å². The standard InChI is InChI=1S/C22H31N3O2/c1-16(2)17-5-7-19(8-6-17)25-20(9-12-23-25)15-22(27)10-13-24(14-11-22)21(26)18-3-4-18/h5-8,12,16,18,20,27H,3-4,9-11,13-15H2,1-2H3. The Hall–Kier alpha value is -1.88. The molecular weight excluding hydrogens is 338 g/mol. The highest BCUT2D eigenvalue weighted by Gasteiger charge is 2.41. The van der Waals surface area contributed by atoms with Crippen LogP contribution >= 0.6 is 0 Å². The number of hydrogen-bond acceptors (Lipinski definition) is 4. The van der Waals surface area contributed by atoms with Crippen LogP contribution in [-0.4, -0.2) is 46.9 Å². The zero-order chi connectivity index (χ0) is 19.0. The van der Waals surface area contributed by atoms with Crippen LogP contribution in [0.3, 0.4) is 0 Å². The van der Waals surface area contributed by atoms with E-state index in [1.54, 1.807) is 0 Å². The van der Waals surface area contributed by atoms with E-state index in [2.05, 4.69) is 48.2 Å². The molecule has 1 unspecified atom stereocenters. The Kier molecular flexibility index (Phi) is 4.97. The van der Waals surface area contributed by atoms with E-state index in [4.69, 9.17) is 0 Å². The normalized spacial score (nSPS) is 24.7. The molecule has 4 rings (SSSR count). The van der Waals surface area contributed by atoms with Crippen molar-refractivity contribution in [3.8, 4) is 0 Å². The van der Waals surface area contributed by atoms with Gasteiger partial charge in [0, 0.05) is 31.6 Å². The number of hydrazone groups is 1. The van der Waals surface area contributed by atoms with Gasteiger partial charge < -0.3 is 10.0 Å². The van der Waals surface area contributed by atoms with Gasteiger partial charge in [-0.2, -0.15) is 5.10 Å². The van der Waals surface area contributed by atoms with Crippen molar-refractivity contribution in [3.05, 3.63) is 29.8 Å². The summed E-state index contributed by atoms with van der Waals surface area (Å²) in [7, 11) is 0. The molecule has 0 aromatic heterocycles. The van der Waals surface area contributed by atoms with Gasteiger partial charge in [-0.15, -0.1) is 0 Å². The number of benzene rings is 1. The van der Waals surface area contributed by atoms with Crippen molar-refractivity contribution in [2.75, 3.05) is 18.1 Å². The fraction of sp³-hybridized carbons (Fsp3) is 0.636. The molecule has 0 radical (unpaired) electrons. The van der Waals surface area contributed by atoms with E-state index in [1.165, 1.54) is 5.56 Å². The van der Waals surface area contributed by atoms with Gasteiger partial charge in [0.2, 0.25) is 5.91 Å². The summed E-state index contributed by atoms with van der Waals surface area (Å²) in [5.74, 6) is 1.08. The van der Waals surface area contributed by atoms with Crippen molar-refractivity contribution in [1.82, 2.24) is 4.90 Å². The van der Waals surface area contributed by atoms with Crippen molar-refractivity contribution in [3.63, 3.8) is 0 Å². The molecule has 2 heterocycles. The molecule has 1 aromatic carbocycles. The molecule has 1 atom stereocenters. The molecule has 1 aliphatic carbocycles. The van der Waals surface area contributed by atoms with Gasteiger partial charge in [-0.1, -0.05) is 26.0 Å². The molecule has 5 nitrogen and oxygen atoms in total. The first-order valence-corrected chi connectivity index (χ1v) is 10.4. The van der Waals surface area contributed by atoms with Crippen LogP contribution in [0.5, 0.6) is 0 Å². The molecular formula is C22H31N3O2. The Bertz CT molecular complexity index is 701. The molecule has 0 spiro atoms. The third kappa shape index (κ3) is 4.03. The summed E-state index contributed by atoms with van der Waals surface area (Å²) < 4.78 is 0. The predicted molar refractivity (Wildman–Crippen MR) is 108 cm³/mol. The second kappa shape index (κ2) is 7.27. The summed E-state index contributed by atoms with van der Waals surface area (Å²) in [6.07, 6.45) is 6.94. The second-order valence-electron chi connectivity index (χ2n) is 8.81. The first-order chi connectivity index (χ1) is 13.0. The molecule has 27 heavy (non-hydrogen) atoms. The Morgan fingerprint density at radius 1 is 1.22 bits per heavy atom. The second-order valence-corrected chi connectivity index (χ2v) is 8.81. The van der Waals surface area contributed by atoms with Gasteiger partial charge in [-0.3, -0.25) is 9.80 Å². The highest BCUT2D eigenvalue weighted by Crippen LogP contribution is 2.36. The Morgan fingerprint density at radius 3 is 2.48 bits per heavy atom. The smallest absolute Gasteiger partial charge is 0.225 e. The van der Waals surface area contributed by atoms with Crippen LogP contribution in [0.1, 0.15) is 63.9 Å². The monoisotopic (exact) mass is 369 g/mol. The molecule has 1 saturated heterocycles. The molecule has 1 saturated carbocycles. The van der Waals surface area contributed by atoms with Crippen molar-refractivity contribution in [2.24, 2.45) is 11.0 Å². The summed E-state index contributed by atoms with van der Waals surface area (Å²) in [5.41, 5.74) is 1.71. The van der Waals surface area contributed by atoms with Crippen molar-refractivity contribution < 1.29 is 9.90 Å². The summed E-state index contributed by atoms with van der Waals surface area (Å²) in [6, 6.07) is 8.78. The van der Waals surface area contributed by atoms with Crippen LogP contribution in [0.25, 0.3) is 0 Å². The minimum atomic E-state index is -0.700. The van der Waals surface area contributed by atoms with E-state index in [1.807, 2.05) is 11.1 Å². The quantitative estimate of drug-likeness (QED) is 0.864. The summed E-state index contributed by atoms with van der Waals surface area (Å²) in [5, 5.41) is 17.8. The molecule has 0 bridgehead atoms. The van der Waals surface area contributed by atoms with E-state index in [-0.39, 0.29) is 12.0 Å². The van der Waals surface area contributed by atoms with Crippen LogP contribution < -0.4 is 5.01 Å². The number of nitrogens with zero attached hydrogens (tertiary/aromatic N) is 3. The van der Waals surface area contributed by atoms with Crippen molar-refractivity contribution in [2.45, 2.75) is 69.9 Å². The number of amides is 1. The number of piperidine rings is 1. The number of carbonyl (C=O) groups excluding carboxylic acids is 1. The van der Waals surface area contributed by atoms with E-state index >= 15 is 0 Å². The topological polar surface area (TPSA) is 56.1 Å². The average molecular weight is 370 g/mol. The van der Waals surface area contributed by atoms with Crippen LogP contribution in [-0.2, 0) is 4.79 Å². The number of carbonyl (C=O) groups is 1. The van der Waals surface area contributed by atoms with Gasteiger partial charge in [0.05, 0.1) is 17.3 Å². The highest BCUT2D eigenvalue weighted by molar-refractivity contribution is 5.81. The van der Waals surface area contributed by atoms with Crippen LogP contribution in [0.2, 0.25) is 0 Å².